The van der Waals surface area contributed by atoms with Crippen molar-refractivity contribution in [2.24, 2.45) is 0 Å². The number of aryl methyl sites for hydroxylation is 1. The lowest BCUT2D eigenvalue weighted by molar-refractivity contribution is 0.0774. The fraction of sp³-hybridized carbons (Fsp3) is 0.316. The van der Waals surface area contributed by atoms with Crippen LogP contribution in [-0.4, -0.2) is 52.3 Å². The summed E-state index contributed by atoms with van der Waals surface area (Å²) in [6, 6.07) is 7.39. The molecule has 2 aliphatic rings. The molecule has 0 N–H and O–H groups in total. The number of amides is 1. The van der Waals surface area contributed by atoms with Crippen LogP contribution in [0.5, 0.6) is 11.5 Å². The van der Waals surface area contributed by atoms with Crippen LogP contribution < -0.4 is 9.47 Å². The average molecular weight is 383 g/mol. The second-order valence-corrected chi connectivity index (χ2v) is 7.72. The Labute approximate surface area is 159 Å². The van der Waals surface area contributed by atoms with Gasteiger partial charge in [-0.2, -0.15) is 11.8 Å². The first kappa shape index (κ1) is 16.4. The number of carbonyl (C=O) groups is 1. The van der Waals surface area contributed by atoms with Gasteiger partial charge in [-0.3, -0.25) is 4.79 Å². The lowest BCUT2D eigenvalue weighted by atomic mass is 10.0. The number of carbonyl (C=O) groups excluding carboxylic acids is 1. The first-order valence-electron chi connectivity index (χ1n) is 8.75. The Morgan fingerprint density at radius 3 is 2.81 bits per heavy atom. The van der Waals surface area contributed by atoms with Crippen molar-refractivity contribution in [1.29, 1.82) is 0 Å². The number of ether oxygens (including phenoxy) is 2. The monoisotopic (exact) mass is 383 g/mol. The van der Waals surface area contributed by atoms with Gasteiger partial charge in [-0.25, -0.2) is 4.98 Å². The van der Waals surface area contributed by atoms with E-state index in [4.69, 9.17) is 14.0 Å². The maximum atomic E-state index is 13.2. The molecule has 0 atom stereocenters. The predicted octanol–water partition coefficient (Wildman–Crippen LogP) is 3.12. The van der Waals surface area contributed by atoms with Crippen LogP contribution in [0.1, 0.15) is 16.1 Å². The van der Waals surface area contributed by atoms with Crippen molar-refractivity contribution < 1.29 is 18.8 Å². The van der Waals surface area contributed by atoms with Crippen LogP contribution >= 0.6 is 11.8 Å². The van der Waals surface area contributed by atoms with E-state index in [2.05, 4.69) is 10.1 Å². The van der Waals surface area contributed by atoms with Crippen LogP contribution in [0.15, 0.2) is 28.8 Å². The van der Waals surface area contributed by atoms with Crippen molar-refractivity contribution in [3.63, 3.8) is 0 Å². The SMILES string of the molecule is Cc1cc(C(=O)N2CCSCC2)c2c(-c3ccc4c(c3)OCO4)noc2n1. The summed E-state index contributed by atoms with van der Waals surface area (Å²) in [7, 11) is 0. The second-order valence-electron chi connectivity index (χ2n) is 6.50. The van der Waals surface area contributed by atoms with Gasteiger partial charge in [0.2, 0.25) is 6.79 Å². The molecule has 0 spiro atoms. The van der Waals surface area contributed by atoms with E-state index in [1.165, 1.54) is 0 Å². The van der Waals surface area contributed by atoms with E-state index >= 15 is 0 Å². The maximum absolute atomic E-state index is 13.2. The smallest absolute Gasteiger partial charge is 0.259 e. The summed E-state index contributed by atoms with van der Waals surface area (Å²) in [5, 5.41) is 4.85. The minimum atomic E-state index is -0.00371. The third-order valence-electron chi connectivity index (χ3n) is 4.75. The summed E-state index contributed by atoms with van der Waals surface area (Å²) >= 11 is 1.87. The molecule has 0 bridgehead atoms. The van der Waals surface area contributed by atoms with E-state index in [0.29, 0.717) is 33.9 Å². The van der Waals surface area contributed by atoms with Crippen molar-refractivity contribution in [1.82, 2.24) is 15.0 Å². The molecule has 0 unspecified atom stereocenters. The second kappa shape index (κ2) is 6.45. The molecule has 0 aliphatic carbocycles. The Balaban J connectivity index is 1.65. The molecular weight excluding hydrogens is 366 g/mol. The highest BCUT2D eigenvalue weighted by Crippen LogP contribution is 2.38. The van der Waals surface area contributed by atoms with Gasteiger partial charge in [0.05, 0.1) is 10.9 Å². The fourth-order valence-corrected chi connectivity index (χ4v) is 4.32. The van der Waals surface area contributed by atoms with Gasteiger partial charge in [0.1, 0.15) is 5.69 Å². The highest BCUT2D eigenvalue weighted by Gasteiger charge is 2.26. The van der Waals surface area contributed by atoms with Gasteiger partial charge in [0.25, 0.3) is 11.6 Å². The van der Waals surface area contributed by atoms with Crippen molar-refractivity contribution in [3.8, 4) is 22.8 Å². The predicted molar refractivity (Wildman–Crippen MR) is 101 cm³/mol. The number of nitrogens with zero attached hydrogens (tertiary/aromatic N) is 3. The quantitative estimate of drug-likeness (QED) is 0.673. The first-order valence-corrected chi connectivity index (χ1v) is 9.90. The van der Waals surface area contributed by atoms with E-state index in [9.17, 15) is 4.79 Å². The molecule has 2 aromatic heterocycles. The summed E-state index contributed by atoms with van der Waals surface area (Å²) in [6.45, 7) is 3.55. The summed E-state index contributed by atoms with van der Waals surface area (Å²) < 4.78 is 16.3. The highest BCUT2D eigenvalue weighted by atomic mass is 32.2. The number of pyridine rings is 1. The van der Waals surface area contributed by atoms with Crippen molar-refractivity contribution >= 4 is 28.8 Å². The zero-order valence-corrected chi connectivity index (χ0v) is 15.5. The molecule has 27 heavy (non-hydrogen) atoms. The molecule has 1 saturated heterocycles. The number of rotatable bonds is 2. The molecule has 7 nitrogen and oxygen atoms in total. The highest BCUT2D eigenvalue weighted by molar-refractivity contribution is 7.99. The number of hydrogen-bond donors (Lipinski definition) is 0. The largest absolute Gasteiger partial charge is 0.454 e. The molecular formula is C19H17N3O4S. The van der Waals surface area contributed by atoms with Gasteiger partial charge in [-0.05, 0) is 31.2 Å². The van der Waals surface area contributed by atoms with Crippen molar-refractivity contribution in [3.05, 3.63) is 35.5 Å². The Morgan fingerprint density at radius 1 is 1.15 bits per heavy atom. The van der Waals surface area contributed by atoms with E-state index in [0.717, 1.165) is 35.9 Å². The minimum Gasteiger partial charge on any atom is -0.454 e. The third-order valence-corrected chi connectivity index (χ3v) is 5.69. The lowest BCUT2D eigenvalue weighted by Gasteiger charge is -2.26. The topological polar surface area (TPSA) is 77.7 Å². The number of hydrogen-bond acceptors (Lipinski definition) is 7. The van der Waals surface area contributed by atoms with Crippen molar-refractivity contribution in [2.45, 2.75) is 6.92 Å². The number of benzene rings is 1. The Hall–Kier alpha value is -2.74. The van der Waals surface area contributed by atoms with Gasteiger partial charge < -0.3 is 18.9 Å². The summed E-state index contributed by atoms with van der Waals surface area (Å²) in [6.07, 6.45) is 0. The van der Waals surface area contributed by atoms with Gasteiger partial charge in [0.15, 0.2) is 11.5 Å². The van der Waals surface area contributed by atoms with Crippen LogP contribution in [0.4, 0.5) is 0 Å². The van der Waals surface area contributed by atoms with Crippen LogP contribution in [0.3, 0.4) is 0 Å². The average Bonchev–Trinajstić information content (AvgIpc) is 3.33. The summed E-state index contributed by atoms with van der Waals surface area (Å²) in [5.41, 5.74) is 3.07. The van der Waals surface area contributed by atoms with Crippen molar-refractivity contribution in [2.75, 3.05) is 31.4 Å². The molecule has 2 aliphatic heterocycles. The third kappa shape index (κ3) is 2.80. The van der Waals surface area contributed by atoms with E-state index < -0.39 is 0 Å². The molecule has 1 amide bonds. The number of fused-ring (bicyclic) bond motifs is 2. The zero-order chi connectivity index (χ0) is 18.4. The molecule has 1 aromatic carbocycles. The molecule has 1 fully saturated rings. The van der Waals surface area contributed by atoms with Crippen LogP contribution in [0.25, 0.3) is 22.4 Å². The molecule has 8 heteroatoms. The Kier molecular flexibility index (Phi) is 3.93. The Morgan fingerprint density at radius 2 is 1.96 bits per heavy atom. The summed E-state index contributed by atoms with van der Waals surface area (Å²) in [4.78, 5) is 19.5. The summed E-state index contributed by atoms with van der Waals surface area (Å²) in [5.74, 6) is 3.26. The molecule has 5 rings (SSSR count). The van der Waals surface area contributed by atoms with E-state index in [1.54, 1.807) is 0 Å². The van der Waals surface area contributed by atoms with Crippen LogP contribution in [0, 0.1) is 6.92 Å². The number of aromatic nitrogens is 2. The fourth-order valence-electron chi connectivity index (χ4n) is 3.42. The van der Waals surface area contributed by atoms with Gasteiger partial charge in [-0.1, -0.05) is 5.16 Å². The van der Waals surface area contributed by atoms with E-state index in [-0.39, 0.29) is 12.7 Å². The molecule has 4 heterocycles. The molecule has 0 saturated carbocycles. The van der Waals surface area contributed by atoms with Gasteiger partial charge >= 0.3 is 0 Å². The van der Waals surface area contributed by atoms with E-state index in [1.807, 2.05) is 47.9 Å². The van der Waals surface area contributed by atoms with Gasteiger partial charge in [0, 0.05) is 35.9 Å². The number of thioether (sulfide) groups is 1. The lowest BCUT2D eigenvalue weighted by Crippen LogP contribution is -2.38. The van der Waals surface area contributed by atoms with Gasteiger partial charge in [-0.15, -0.1) is 0 Å². The first-order chi connectivity index (χ1) is 13.2. The maximum Gasteiger partial charge on any atom is 0.259 e. The molecule has 3 aromatic rings. The van der Waals surface area contributed by atoms with Crippen LogP contribution in [0.2, 0.25) is 0 Å². The standard InChI is InChI=1S/C19H17N3O4S/c1-11-8-13(19(23)22-4-6-27-7-5-22)16-17(21-26-18(16)20-11)12-2-3-14-15(9-12)25-10-24-14/h2-3,8-9H,4-7,10H2,1H3. The van der Waals surface area contributed by atoms with Crippen LogP contribution in [-0.2, 0) is 0 Å². The Bertz CT molecular complexity index is 1040. The normalized spacial score (nSPS) is 16.1. The molecule has 0 radical (unpaired) electrons. The zero-order valence-electron chi connectivity index (χ0n) is 14.7. The minimum absolute atomic E-state index is 0.00371. The molecule has 138 valence electrons.